The fraction of sp³-hybridized carbons (Fsp3) is 0.263. The number of carboxylic acids is 1. The average molecular weight is 334 g/mol. The van der Waals surface area contributed by atoms with Gasteiger partial charge < -0.3 is 5.11 Å². The van der Waals surface area contributed by atoms with Crippen LogP contribution in [-0.4, -0.2) is 30.6 Å². The van der Waals surface area contributed by atoms with Gasteiger partial charge in [-0.3, -0.25) is 4.57 Å². The zero-order valence-corrected chi connectivity index (χ0v) is 14.3. The Morgan fingerprint density at radius 1 is 1.16 bits per heavy atom. The molecule has 3 heterocycles. The molecule has 6 heteroatoms. The molecule has 1 aromatic carbocycles. The molecule has 25 heavy (non-hydrogen) atoms. The van der Waals surface area contributed by atoms with E-state index in [4.69, 9.17) is 0 Å². The zero-order chi connectivity index (χ0) is 17.8. The molecular weight excluding hydrogens is 316 g/mol. The Morgan fingerprint density at radius 2 is 1.92 bits per heavy atom. The first-order chi connectivity index (χ1) is 11.9. The molecule has 0 atom stereocenters. The minimum absolute atomic E-state index is 0.0479. The lowest BCUT2D eigenvalue weighted by Crippen LogP contribution is -2.19. The smallest absolute Gasteiger partial charge is 0.354 e. The number of fused-ring (bicyclic) bond motifs is 5. The zero-order valence-electron chi connectivity index (χ0n) is 14.3. The van der Waals surface area contributed by atoms with Crippen molar-refractivity contribution < 1.29 is 9.90 Å². The third-order valence-corrected chi connectivity index (χ3v) is 4.41. The Kier molecular flexibility index (Phi) is 3.25. The molecule has 0 bridgehead atoms. The third kappa shape index (κ3) is 2.33. The van der Waals surface area contributed by atoms with E-state index in [0.29, 0.717) is 17.7 Å². The number of rotatable bonds is 1. The van der Waals surface area contributed by atoms with E-state index in [1.807, 2.05) is 30.5 Å². The Morgan fingerprint density at radius 3 is 2.64 bits per heavy atom. The number of hydrogen-bond donors (Lipinski definition) is 1. The van der Waals surface area contributed by atoms with Gasteiger partial charge in [0.2, 0.25) is 0 Å². The first-order valence-corrected chi connectivity index (χ1v) is 8.12. The van der Waals surface area contributed by atoms with Crippen LogP contribution in [0.1, 0.15) is 48.3 Å². The fourth-order valence-electron chi connectivity index (χ4n) is 3.36. The highest BCUT2D eigenvalue weighted by Crippen LogP contribution is 2.37. The van der Waals surface area contributed by atoms with Crippen molar-refractivity contribution in [3.63, 3.8) is 0 Å². The van der Waals surface area contributed by atoms with Crippen molar-refractivity contribution >= 4 is 5.97 Å². The van der Waals surface area contributed by atoms with Crippen molar-refractivity contribution in [3.8, 4) is 16.9 Å². The van der Waals surface area contributed by atoms with E-state index in [1.165, 1.54) is 6.33 Å². The summed E-state index contributed by atoms with van der Waals surface area (Å²) in [6.07, 6.45) is 3.57. The summed E-state index contributed by atoms with van der Waals surface area (Å²) in [6, 6.07) is 7.89. The summed E-state index contributed by atoms with van der Waals surface area (Å²) in [6.45, 7) is 6.35. The van der Waals surface area contributed by atoms with Crippen LogP contribution in [-0.2, 0) is 11.8 Å². The monoisotopic (exact) mass is 334 g/mol. The SMILES string of the molecule is CC(C)(C)c1ncc2n1-c1ccccc1-c1ncnc(C(=O)O)c1C2. The summed E-state index contributed by atoms with van der Waals surface area (Å²) >= 11 is 0. The largest absolute Gasteiger partial charge is 0.476 e. The van der Waals surface area contributed by atoms with Gasteiger partial charge in [0.25, 0.3) is 0 Å². The van der Waals surface area contributed by atoms with Crippen LogP contribution in [0.4, 0.5) is 0 Å². The van der Waals surface area contributed by atoms with Gasteiger partial charge in [-0.1, -0.05) is 39.0 Å². The predicted molar refractivity (Wildman–Crippen MR) is 93.1 cm³/mol. The molecule has 0 fully saturated rings. The molecule has 2 aromatic heterocycles. The molecule has 0 saturated heterocycles. The number of carbonyl (C=O) groups is 1. The van der Waals surface area contributed by atoms with Crippen LogP contribution in [0.5, 0.6) is 0 Å². The number of benzene rings is 1. The van der Waals surface area contributed by atoms with Crippen LogP contribution >= 0.6 is 0 Å². The normalized spacial score (nSPS) is 12.8. The third-order valence-electron chi connectivity index (χ3n) is 4.41. The molecule has 1 N–H and O–H groups in total. The molecule has 0 spiro atoms. The summed E-state index contributed by atoms with van der Waals surface area (Å²) in [7, 11) is 0. The number of hydrogen-bond acceptors (Lipinski definition) is 4. The van der Waals surface area contributed by atoms with E-state index in [0.717, 1.165) is 22.8 Å². The average Bonchev–Trinajstić information content (AvgIpc) is 2.93. The van der Waals surface area contributed by atoms with Gasteiger partial charge in [0.1, 0.15) is 12.2 Å². The van der Waals surface area contributed by atoms with Crippen molar-refractivity contribution in [2.75, 3.05) is 0 Å². The van der Waals surface area contributed by atoms with Gasteiger partial charge in [-0.05, 0) is 6.07 Å². The number of para-hydroxylation sites is 1. The lowest BCUT2D eigenvalue weighted by Gasteiger charge is -2.21. The Hall–Kier alpha value is -3.02. The molecule has 6 nitrogen and oxygen atoms in total. The van der Waals surface area contributed by atoms with Crippen molar-refractivity contribution in [2.24, 2.45) is 0 Å². The maximum absolute atomic E-state index is 11.7. The number of aromatic nitrogens is 4. The van der Waals surface area contributed by atoms with Gasteiger partial charge in [0, 0.05) is 34.9 Å². The second-order valence-electron chi connectivity index (χ2n) is 7.21. The van der Waals surface area contributed by atoms with Crippen molar-refractivity contribution in [3.05, 3.63) is 59.6 Å². The first kappa shape index (κ1) is 15.5. The molecule has 0 saturated carbocycles. The molecule has 0 aliphatic carbocycles. The van der Waals surface area contributed by atoms with Crippen LogP contribution in [0.15, 0.2) is 36.8 Å². The van der Waals surface area contributed by atoms with Crippen LogP contribution in [0, 0.1) is 0 Å². The summed E-state index contributed by atoms with van der Waals surface area (Å²) in [5.41, 5.74) is 4.00. The van der Waals surface area contributed by atoms with Crippen molar-refractivity contribution in [2.45, 2.75) is 32.6 Å². The van der Waals surface area contributed by atoms with Gasteiger partial charge in [-0.15, -0.1) is 0 Å². The van der Waals surface area contributed by atoms with Gasteiger partial charge in [-0.25, -0.2) is 19.7 Å². The van der Waals surface area contributed by atoms with E-state index in [1.54, 1.807) is 0 Å². The molecule has 126 valence electrons. The second-order valence-corrected chi connectivity index (χ2v) is 7.21. The molecule has 0 radical (unpaired) electrons. The van der Waals surface area contributed by atoms with Crippen LogP contribution < -0.4 is 0 Å². The van der Waals surface area contributed by atoms with Crippen LogP contribution in [0.3, 0.4) is 0 Å². The summed E-state index contributed by atoms with van der Waals surface area (Å²) in [5.74, 6) is -0.104. The molecule has 3 aromatic rings. The van der Waals surface area contributed by atoms with E-state index in [9.17, 15) is 9.90 Å². The quantitative estimate of drug-likeness (QED) is 0.578. The summed E-state index contributed by atoms with van der Waals surface area (Å²) in [5, 5.41) is 9.55. The van der Waals surface area contributed by atoms with Crippen LogP contribution in [0.25, 0.3) is 16.9 Å². The van der Waals surface area contributed by atoms with Gasteiger partial charge in [0.15, 0.2) is 5.69 Å². The highest BCUT2D eigenvalue weighted by Gasteiger charge is 2.30. The second kappa shape index (κ2) is 5.24. The van der Waals surface area contributed by atoms with Gasteiger partial charge >= 0.3 is 5.97 Å². The van der Waals surface area contributed by atoms with E-state index < -0.39 is 5.97 Å². The predicted octanol–water partition coefficient (Wildman–Crippen LogP) is 3.23. The summed E-state index contributed by atoms with van der Waals surface area (Å²) < 4.78 is 2.13. The van der Waals surface area contributed by atoms with E-state index >= 15 is 0 Å². The molecule has 4 rings (SSSR count). The van der Waals surface area contributed by atoms with Crippen molar-refractivity contribution in [1.29, 1.82) is 0 Å². The highest BCUT2D eigenvalue weighted by atomic mass is 16.4. The van der Waals surface area contributed by atoms with Crippen LogP contribution in [0.2, 0.25) is 0 Å². The maximum atomic E-state index is 11.7. The number of aromatic carboxylic acids is 1. The molecule has 1 aliphatic rings. The molecular formula is C19H18N4O2. The minimum Gasteiger partial charge on any atom is -0.476 e. The lowest BCUT2D eigenvalue weighted by molar-refractivity contribution is 0.0689. The highest BCUT2D eigenvalue weighted by molar-refractivity contribution is 5.90. The van der Waals surface area contributed by atoms with E-state index in [-0.39, 0.29) is 11.1 Å². The van der Waals surface area contributed by atoms with Crippen molar-refractivity contribution in [1.82, 2.24) is 19.5 Å². The van der Waals surface area contributed by atoms with Gasteiger partial charge in [0.05, 0.1) is 11.4 Å². The van der Waals surface area contributed by atoms with Gasteiger partial charge in [-0.2, -0.15) is 0 Å². The number of imidazole rings is 1. The Labute approximate surface area is 145 Å². The maximum Gasteiger partial charge on any atom is 0.354 e. The fourth-order valence-corrected chi connectivity index (χ4v) is 3.36. The number of nitrogens with zero attached hydrogens (tertiary/aromatic N) is 4. The summed E-state index contributed by atoms with van der Waals surface area (Å²) in [4.78, 5) is 24.7. The lowest BCUT2D eigenvalue weighted by atomic mass is 9.95. The standard InChI is InChI=1S/C19H18N4O2/c1-19(2,3)18-20-9-11-8-13-15(21-10-22-16(13)17(24)25)12-6-4-5-7-14(12)23(11)18/h4-7,9-10H,8H2,1-3H3,(H,24,25). The Bertz CT molecular complexity index is 999. The Balaban J connectivity index is 2.10. The minimum atomic E-state index is -1.04. The number of carboxylic acid groups (broad SMARTS) is 1. The molecule has 0 unspecified atom stereocenters. The van der Waals surface area contributed by atoms with E-state index in [2.05, 4.69) is 40.3 Å². The topological polar surface area (TPSA) is 80.9 Å². The molecule has 0 amide bonds. The molecule has 1 aliphatic heterocycles. The first-order valence-electron chi connectivity index (χ1n) is 8.12.